The molecule has 0 saturated carbocycles. The van der Waals surface area contributed by atoms with Gasteiger partial charge in [0.05, 0.1) is 0 Å². The Morgan fingerprint density at radius 3 is 2.44 bits per heavy atom. The molecular formula is C13H10O4S. The van der Waals surface area contributed by atoms with Gasteiger partial charge >= 0.3 is 5.97 Å². The summed E-state index contributed by atoms with van der Waals surface area (Å²) in [6.07, 6.45) is -1.61. The second-order valence-electron chi connectivity index (χ2n) is 3.88. The highest BCUT2D eigenvalue weighted by molar-refractivity contribution is 7.10. The lowest BCUT2D eigenvalue weighted by Crippen LogP contribution is -2.39. The van der Waals surface area contributed by atoms with Gasteiger partial charge in [-0.3, -0.25) is 0 Å². The van der Waals surface area contributed by atoms with Crippen LogP contribution in [0.15, 0.2) is 41.8 Å². The maximum absolute atomic E-state index is 11.3. The van der Waals surface area contributed by atoms with Gasteiger partial charge in [-0.25, -0.2) is 4.79 Å². The molecule has 0 bridgehead atoms. The maximum Gasteiger partial charge on any atom is 0.349 e. The summed E-state index contributed by atoms with van der Waals surface area (Å²) in [4.78, 5) is 12.1. The fraction of sp³-hybridized carbons (Fsp3) is 0.154. The van der Waals surface area contributed by atoms with Crippen LogP contribution in [0, 0.1) is 0 Å². The summed E-state index contributed by atoms with van der Waals surface area (Å²) in [5, 5.41) is 11.1. The Hall–Kier alpha value is -2.01. The quantitative estimate of drug-likeness (QED) is 0.904. The first kappa shape index (κ1) is 11.1. The monoisotopic (exact) mass is 262 g/mol. The van der Waals surface area contributed by atoms with Gasteiger partial charge in [-0.2, -0.15) is 0 Å². The molecule has 18 heavy (non-hydrogen) atoms. The van der Waals surface area contributed by atoms with E-state index in [9.17, 15) is 9.90 Å². The van der Waals surface area contributed by atoms with E-state index in [0.29, 0.717) is 11.5 Å². The molecule has 1 aromatic heterocycles. The van der Waals surface area contributed by atoms with Crippen LogP contribution in [0.25, 0.3) is 0 Å². The van der Waals surface area contributed by atoms with E-state index in [-0.39, 0.29) is 0 Å². The number of fused-ring (bicyclic) bond motifs is 1. The van der Waals surface area contributed by atoms with Crippen LogP contribution in [0.3, 0.4) is 0 Å². The molecule has 2 atom stereocenters. The van der Waals surface area contributed by atoms with Crippen molar-refractivity contribution in [1.82, 2.24) is 0 Å². The summed E-state index contributed by atoms with van der Waals surface area (Å²) in [5.74, 6) is 0.0222. The number of para-hydroxylation sites is 2. The minimum Gasteiger partial charge on any atom is -0.478 e. The zero-order chi connectivity index (χ0) is 12.5. The average molecular weight is 262 g/mol. The lowest BCUT2D eigenvalue weighted by Gasteiger charge is -2.30. The van der Waals surface area contributed by atoms with Gasteiger partial charge in [-0.05, 0) is 23.6 Å². The number of ether oxygens (including phenoxy) is 2. The summed E-state index contributed by atoms with van der Waals surface area (Å²) < 4.78 is 11.3. The Labute approximate surface area is 107 Å². The van der Waals surface area contributed by atoms with Gasteiger partial charge < -0.3 is 14.6 Å². The predicted molar refractivity (Wildman–Crippen MR) is 66.2 cm³/mol. The van der Waals surface area contributed by atoms with Gasteiger partial charge in [0.1, 0.15) is 0 Å². The number of hydrogen-bond acceptors (Lipinski definition) is 4. The largest absolute Gasteiger partial charge is 0.478 e. The van der Waals surface area contributed by atoms with Gasteiger partial charge in [-0.15, -0.1) is 11.3 Å². The maximum atomic E-state index is 11.3. The molecule has 1 N–H and O–H groups in total. The number of carboxylic acid groups (broad SMARTS) is 1. The van der Waals surface area contributed by atoms with E-state index in [4.69, 9.17) is 9.47 Å². The number of carboxylic acids is 1. The second-order valence-corrected chi connectivity index (χ2v) is 4.86. The second kappa shape index (κ2) is 4.34. The molecule has 1 aromatic carbocycles. The molecule has 0 spiro atoms. The van der Waals surface area contributed by atoms with Crippen LogP contribution in [0.5, 0.6) is 11.5 Å². The standard InChI is InChI=1S/C13H10O4S/c14-13(15)12-11(10-6-3-7-18-10)16-8-4-1-2-5-9(8)17-12/h1-7,11-12H,(H,14,15). The van der Waals surface area contributed by atoms with Crippen LogP contribution in [-0.2, 0) is 4.79 Å². The molecule has 2 aromatic rings. The molecule has 5 heteroatoms. The van der Waals surface area contributed by atoms with E-state index in [1.54, 1.807) is 18.2 Å². The molecule has 2 unspecified atom stereocenters. The topological polar surface area (TPSA) is 55.8 Å². The van der Waals surface area contributed by atoms with Crippen molar-refractivity contribution < 1.29 is 19.4 Å². The average Bonchev–Trinajstić information content (AvgIpc) is 2.91. The smallest absolute Gasteiger partial charge is 0.349 e. The van der Waals surface area contributed by atoms with E-state index >= 15 is 0 Å². The first-order valence-electron chi connectivity index (χ1n) is 5.44. The normalized spacial score (nSPS) is 21.6. The van der Waals surface area contributed by atoms with Gasteiger partial charge in [0.2, 0.25) is 6.10 Å². The van der Waals surface area contributed by atoms with Gasteiger partial charge in [0.15, 0.2) is 17.6 Å². The van der Waals surface area contributed by atoms with E-state index in [1.807, 2.05) is 23.6 Å². The van der Waals surface area contributed by atoms with Crippen LogP contribution in [0.2, 0.25) is 0 Å². The Bertz CT molecular complexity index is 564. The first-order chi connectivity index (χ1) is 8.75. The zero-order valence-corrected chi connectivity index (χ0v) is 10.1. The first-order valence-corrected chi connectivity index (χ1v) is 6.32. The molecule has 92 valence electrons. The molecule has 1 aliphatic rings. The highest BCUT2D eigenvalue weighted by Crippen LogP contribution is 2.40. The molecule has 0 amide bonds. The Morgan fingerprint density at radius 2 is 1.83 bits per heavy atom. The van der Waals surface area contributed by atoms with E-state index in [2.05, 4.69) is 0 Å². The predicted octanol–water partition coefficient (Wildman–Crippen LogP) is 2.71. The molecule has 0 aliphatic carbocycles. The van der Waals surface area contributed by atoms with Gasteiger partial charge in [0, 0.05) is 4.88 Å². The van der Waals surface area contributed by atoms with E-state index < -0.39 is 18.2 Å². The summed E-state index contributed by atoms with van der Waals surface area (Å²) in [6.45, 7) is 0. The zero-order valence-electron chi connectivity index (χ0n) is 9.28. The number of aliphatic carboxylic acids is 1. The highest BCUT2D eigenvalue weighted by Gasteiger charge is 2.38. The number of thiophene rings is 1. The van der Waals surface area contributed by atoms with Crippen molar-refractivity contribution in [3.05, 3.63) is 46.7 Å². The van der Waals surface area contributed by atoms with E-state index in [1.165, 1.54) is 11.3 Å². The molecule has 2 heterocycles. The summed E-state index contributed by atoms with van der Waals surface area (Å²) >= 11 is 1.46. The van der Waals surface area contributed by atoms with Crippen LogP contribution < -0.4 is 9.47 Å². The summed E-state index contributed by atoms with van der Waals surface area (Å²) in [5.41, 5.74) is 0. The van der Waals surface area contributed by atoms with Gasteiger partial charge in [-0.1, -0.05) is 18.2 Å². The van der Waals surface area contributed by atoms with Crippen molar-refractivity contribution in [2.45, 2.75) is 12.2 Å². The third kappa shape index (κ3) is 1.82. The van der Waals surface area contributed by atoms with Crippen molar-refractivity contribution in [2.75, 3.05) is 0 Å². The molecule has 0 fully saturated rings. The van der Waals surface area contributed by atoms with Crippen molar-refractivity contribution in [3.63, 3.8) is 0 Å². The fourth-order valence-electron chi connectivity index (χ4n) is 1.88. The fourth-order valence-corrected chi connectivity index (χ4v) is 2.66. The molecule has 4 nitrogen and oxygen atoms in total. The lowest BCUT2D eigenvalue weighted by atomic mass is 10.1. The van der Waals surface area contributed by atoms with Gasteiger partial charge in [0.25, 0.3) is 0 Å². The van der Waals surface area contributed by atoms with Crippen molar-refractivity contribution >= 4 is 17.3 Å². The minimum atomic E-state index is -1.03. The van der Waals surface area contributed by atoms with Crippen LogP contribution in [0.1, 0.15) is 11.0 Å². The number of hydrogen-bond donors (Lipinski definition) is 1. The molecule has 1 aliphatic heterocycles. The van der Waals surface area contributed by atoms with Crippen molar-refractivity contribution in [3.8, 4) is 11.5 Å². The molecule has 0 radical (unpaired) electrons. The number of benzene rings is 1. The molecular weight excluding hydrogens is 252 g/mol. The van der Waals surface area contributed by atoms with Crippen LogP contribution in [0.4, 0.5) is 0 Å². The molecule has 3 rings (SSSR count). The molecule has 0 saturated heterocycles. The SMILES string of the molecule is O=C(O)C1Oc2ccccc2OC1c1cccs1. The third-order valence-corrected chi connectivity index (χ3v) is 3.63. The number of carbonyl (C=O) groups is 1. The van der Waals surface area contributed by atoms with Crippen molar-refractivity contribution in [1.29, 1.82) is 0 Å². The Morgan fingerprint density at radius 1 is 1.11 bits per heavy atom. The van der Waals surface area contributed by atoms with Crippen LogP contribution >= 0.6 is 11.3 Å². The summed E-state index contributed by atoms with van der Waals surface area (Å²) in [7, 11) is 0. The Kier molecular flexibility index (Phi) is 2.68. The minimum absolute atomic E-state index is 0.470. The summed E-state index contributed by atoms with van der Waals surface area (Å²) in [6, 6.07) is 10.8. The van der Waals surface area contributed by atoms with Crippen molar-refractivity contribution in [2.24, 2.45) is 0 Å². The van der Waals surface area contributed by atoms with Crippen LogP contribution in [-0.4, -0.2) is 17.2 Å². The van der Waals surface area contributed by atoms with E-state index in [0.717, 1.165) is 4.88 Å². The third-order valence-electron chi connectivity index (χ3n) is 2.70. The Balaban J connectivity index is 2.01. The number of rotatable bonds is 2. The lowest BCUT2D eigenvalue weighted by molar-refractivity contribution is -0.151. The highest BCUT2D eigenvalue weighted by atomic mass is 32.1.